The number of amides is 4. The molecule has 2 aromatic carbocycles. The van der Waals surface area contributed by atoms with E-state index < -0.39 is 0 Å². The quantitative estimate of drug-likeness (QED) is 0.684. The van der Waals surface area contributed by atoms with E-state index in [1.807, 2.05) is 18.2 Å². The van der Waals surface area contributed by atoms with Crippen molar-refractivity contribution in [2.24, 2.45) is 0 Å². The lowest BCUT2D eigenvalue weighted by molar-refractivity contribution is -0.134. The fraction of sp³-hybridized carbons (Fsp3) is 0.360. The summed E-state index contributed by atoms with van der Waals surface area (Å²) in [5, 5.41) is 2.99. The van der Waals surface area contributed by atoms with Gasteiger partial charge >= 0.3 is 0 Å². The van der Waals surface area contributed by atoms with E-state index in [2.05, 4.69) is 5.32 Å². The van der Waals surface area contributed by atoms with Crippen molar-refractivity contribution < 1.29 is 23.9 Å². The van der Waals surface area contributed by atoms with Crippen molar-refractivity contribution in [3.63, 3.8) is 0 Å². The first-order valence-electron chi connectivity index (χ1n) is 11.1. The number of rotatable bonds is 6. The molecular weight excluding hydrogens is 422 g/mol. The predicted molar refractivity (Wildman–Crippen MR) is 121 cm³/mol. The highest BCUT2D eigenvalue weighted by Crippen LogP contribution is 2.26. The average molecular weight is 450 g/mol. The van der Waals surface area contributed by atoms with Gasteiger partial charge in [-0.05, 0) is 57.0 Å². The number of fused-ring (bicyclic) bond motifs is 1. The van der Waals surface area contributed by atoms with Crippen molar-refractivity contribution >= 4 is 23.6 Å². The van der Waals surface area contributed by atoms with E-state index >= 15 is 0 Å². The molecule has 0 atom stereocenters. The summed E-state index contributed by atoms with van der Waals surface area (Å²) < 4.78 is 5.53. The van der Waals surface area contributed by atoms with Crippen LogP contribution in [0.3, 0.4) is 0 Å². The Hall–Kier alpha value is -3.68. The van der Waals surface area contributed by atoms with Crippen LogP contribution in [0, 0.1) is 0 Å². The van der Waals surface area contributed by atoms with Gasteiger partial charge in [0.15, 0.2) is 6.61 Å². The number of hydrogen-bond donors (Lipinski definition) is 1. The molecule has 1 N–H and O–H groups in total. The molecule has 0 radical (unpaired) electrons. The van der Waals surface area contributed by atoms with Gasteiger partial charge in [-0.1, -0.05) is 18.2 Å². The Morgan fingerprint density at radius 1 is 1.00 bits per heavy atom. The molecule has 33 heavy (non-hydrogen) atoms. The second-order valence-corrected chi connectivity index (χ2v) is 8.56. The molecule has 0 bridgehead atoms. The highest BCUT2D eigenvalue weighted by Gasteiger charge is 2.37. The second kappa shape index (κ2) is 9.44. The van der Waals surface area contributed by atoms with E-state index in [-0.39, 0.29) is 47.9 Å². The van der Waals surface area contributed by atoms with Crippen molar-refractivity contribution in [1.82, 2.24) is 15.1 Å². The Kier molecular flexibility index (Phi) is 6.44. The van der Waals surface area contributed by atoms with Crippen LogP contribution in [0.2, 0.25) is 0 Å². The van der Waals surface area contributed by atoms with Gasteiger partial charge in [-0.3, -0.25) is 24.1 Å². The van der Waals surface area contributed by atoms with Crippen LogP contribution in [-0.2, 0) is 4.79 Å². The summed E-state index contributed by atoms with van der Waals surface area (Å²) in [5.41, 5.74) is 0.935. The van der Waals surface area contributed by atoms with Gasteiger partial charge in [0, 0.05) is 30.7 Å². The maximum Gasteiger partial charge on any atom is 0.261 e. The first-order chi connectivity index (χ1) is 15.8. The number of imide groups is 1. The Morgan fingerprint density at radius 2 is 1.67 bits per heavy atom. The molecule has 1 saturated heterocycles. The van der Waals surface area contributed by atoms with E-state index in [0.29, 0.717) is 42.8 Å². The van der Waals surface area contributed by atoms with E-state index in [1.165, 1.54) is 11.0 Å². The van der Waals surface area contributed by atoms with E-state index in [1.54, 1.807) is 43.0 Å². The minimum atomic E-state index is -0.371. The van der Waals surface area contributed by atoms with Gasteiger partial charge in [-0.25, -0.2) is 0 Å². The molecular formula is C25H27N3O5. The molecule has 0 spiro atoms. The second-order valence-electron chi connectivity index (χ2n) is 8.56. The van der Waals surface area contributed by atoms with Gasteiger partial charge in [-0.2, -0.15) is 0 Å². The van der Waals surface area contributed by atoms with Crippen LogP contribution in [-0.4, -0.2) is 65.2 Å². The molecule has 4 rings (SSSR count). The maximum absolute atomic E-state index is 12.8. The predicted octanol–water partition coefficient (Wildman–Crippen LogP) is 2.49. The molecule has 0 aromatic heterocycles. The Morgan fingerprint density at radius 3 is 2.33 bits per heavy atom. The zero-order valence-corrected chi connectivity index (χ0v) is 18.7. The zero-order valence-electron chi connectivity index (χ0n) is 18.7. The number of piperidine rings is 1. The molecule has 8 heteroatoms. The van der Waals surface area contributed by atoms with E-state index in [0.717, 1.165) is 0 Å². The third kappa shape index (κ3) is 4.74. The van der Waals surface area contributed by atoms with Crippen LogP contribution < -0.4 is 10.1 Å². The number of likely N-dealkylation sites (tertiary alicyclic amines) is 1. The van der Waals surface area contributed by atoms with Crippen molar-refractivity contribution in [2.75, 3.05) is 19.7 Å². The SMILES string of the molecule is CC(C)N1C(=O)c2ccc(C(=O)NC3CCN(C(=O)COc4ccccc4)CC3)cc2C1=O. The summed E-state index contributed by atoms with van der Waals surface area (Å²) in [6.45, 7) is 4.60. The largest absolute Gasteiger partial charge is 0.484 e. The molecule has 2 aliphatic rings. The lowest BCUT2D eigenvalue weighted by atomic mass is 10.0. The molecule has 4 amide bonds. The molecule has 8 nitrogen and oxygen atoms in total. The number of hydrogen-bond acceptors (Lipinski definition) is 5. The standard InChI is InChI=1S/C25H27N3O5/c1-16(2)28-24(31)20-9-8-17(14-21(20)25(28)32)23(30)26-18-10-12-27(13-11-18)22(29)15-33-19-6-4-3-5-7-19/h3-9,14,16,18H,10-13,15H2,1-2H3,(H,26,30). The van der Waals surface area contributed by atoms with Crippen LogP contribution in [0.15, 0.2) is 48.5 Å². The monoisotopic (exact) mass is 449 g/mol. The van der Waals surface area contributed by atoms with Gasteiger partial charge in [0.05, 0.1) is 11.1 Å². The molecule has 2 heterocycles. The highest BCUT2D eigenvalue weighted by molar-refractivity contribution is 6.22. The van der Waals surface area contributed by atoms with E-state index in [4.69, 9.17) is 4.74 Å². The van der Waals surface area contributed by atoms with Crippen molar-refractivity contribution in [3.05, 3.63) is 65.2 Å². The summed E-state index contributed by atoms with van der Waals surface area (Å²) in [7, 11) is 0. The molecule has 1 fully saturated rings. The molecule has 2 aliphatic heterocycles. The van der Waals surface area contributed by atoms with Gasteiger partial charge in [-0.15, -0.1) is 0 Å². The van der Waals surface area contributed by atoms with Crippen LogP contribution in [0.5, 0.6) is 5.75 Å². The van der Waals surface area contributed by atoms with Crippen LogP contribution in [0.4, 0.5) is 0 Å². The number of nitrogens with zero attached hydrogens (tertiary/aromatic N) is 2. The molecule has 0 aliphatic carbocycles. The number of nitrogens with one attached hydrogen (secondary N) is 1. The minimum absolute atomic E-state index is 0.0176. The lowest BCUT2D eigenvalue weighted by Gasteiger charge is -2.32. The fourth-order valence-corrected chi connectivity index (χ4v) is 4.16. The summed E-state index contributed by atoms with van der Waals surface area (Å²) in [5.74, 6) is -0.424. The zero-order chi connectivity index (χ0) is 23.5. The normalized spacial score (nSPS) is 16.2. The first kappa shape index (κ1) is 22.5. The Balaban J connectivity index is 1.30. The molecule has 0 saturated carbocycles. The smallest absolute Gasteiger partial charge is 0.261 e. The van der Waals surface area contributed by atoms with Crippen LogP contribution in [0.25, 0.3) is 0 Å². The number of carbonyl (C=O) groups is 4. The van der Waals surface area contributed by atoms with Crippen molar-refractivity contribution in [2.45, 2.75) is 38.8 Å². The van der Waals surface area contributed by atoms with Crippen molar-refractivity contribution in [1.29, 1.82) is 0 Å². The van der Waals surface area contributed by atoms with E-state index in [9.17, 15) is 19.2 Å². The average Bonchev–Trinajstić information content (AvgIpc) is 3.08. The minimum Gasteiger partial charge on any atom is -0.484 e. The van der Waals surface area contributed by atoms with Crippen LogP contribution >= 0.6 is 0 Å². The van der Waals surface area contributed by atoms with Gasteiger partial charge in [0.1, 0.15) is 5.75 Å². The summed E-state index contributed by atoms with van der Waals surface area (Å²) in [6, 6.07) is 13.5. The third-order valence-corrected chi connectivity index (χ3v) is 5.98. The van der Waals surface area contributed by atoms with Gasteiger partial charge in [0.2, 0.25) is 0 Å². The topological polar surface area (TPSA) is 96.0 Å². The summed E-state index contributed by atoms with van der Waals surface area (Å²) >= 11 is 0. The van der Waals surface area contributed by atoms with Gasteiger partial charge < -0.3 is 15.0 Å². The molecule has 172 valence electrons. The first-order valence-corrected chi connectivity index (χ1v) is 11.1. The number of carbonyl (C=O) groups excluding carboxylic acids is 4. The molecule has 0 unspecified atom stereocenters. The third-order valence-electron chi connectivity index (χ3n) is 5.98. The van der Waals surface area contributed by atoms with Gasteiger partial charge in [0.25, 0.3) is 23.6 Å². The Labute approximate surface area is 192 Å². The summed E-state index contributed by atoms with van der Waals surface area (Å²) in [6.07, 6.45) is 1.26. The maximum atomic E-state index is 12.8. The number of ether oxygens (including phenoxy) is 1. The van der Waals surface area contributed by atoms with Crippen molar-refractivity contribution in [3.8, 4) is 5.75 Å². The molecule has 2 aromatic rings. The fourth-order valence-electron chi connectivity index (χ4n) is 4.16. The highest BCUT2D eigenvalue weighted by atomic mass is 16.5. The number of benzene rings is 2. The number of para-hydroxylation sites is 1. The Bertz CT molecular complexity index is 1070. The summed E-state index contributed by atoms with van der Waals surface area (Å²) in [4.78, 5) is 53.1. The van der Waals surface area contributed by atoms with Crippen LogP contribution in [0.1, 0.15) is 57.8 Å². The lowest BCUT2D eigenvalue weighted by Crippen LogP contribution is -2.47.